The van der Waals surface area contributed by atoms with Crippen LogP contribution in [0.25, 0.3) is 11.4 Å². The number of fused-ring (bicyclic) bond motifs is 1. The van der Waals surface area contributed by atoms with E-state index < -0.39 is 0 Å². The van der Waals surface area contributed by atoms with Gasteiger partial charge in [0.2, 0.25) is 0 Å². The Morgan fingerprint density at radius 1 is 1.22 bits per heavy atom. The zero-order valence-electron chi connectivity index (χ0n) is 10.9. The van der Waals surface area contributed by atoms with Crippen LogP contribution in [0.15, 0.2) is 18.2 Å². The minimum absolute atomic E-state index is 0.962. The van der Waals surface area contributed by atoms with Crippen LogP contribution < -0.4 is 5.32 Å². The van der Waals surface area contributed by atoms with E-state index in [4.69, 9.17) is 0 Å². The first-order valence-electron chi connectivity index (χ1n) is 6.52. The molecule has 0 saturated carbocycles. The number of aryl methyl sites for hydroxylation is 1. The lowest BCUT2D eigenvalue weighted by Gasteiger charge is -2.08. The van der Waals surface area contributed by atoms with E-state index in [-0.39, 0.29) is 0 Å². The van der Waals surface area contributed by atoms with Crippen molar-refractivity contribution >= 4 is 0 Å². The third-order valence-electron chi connectivity index (χ3n) is 3.48. The highest BCUT2D eigenvalue weighted by atomic mass is 15.3. The van der Waals surface area contributed by atoms with Gasteiger partial charge in [-0.2, -0.15) is 0 Å². The maximum Gasteiger partial charge on any atom is 0.163 e. The molecule has 4 nitrogen and oxygen atoms in total. The molecule has 0 atom stereocenters. The SMILES string of the molecule is CCCn1c(C)nnc1-c1ccc2c(c1)CNC2. The molecule has 0 aliphatic carbocycles. The fraction of sp³-hybridized carbons (Fsp3) is 0.429. The number of benzene rings is 1. The summed E-state index contributed by atoms with van der Waals surface area (Å²) in [5.74, 6) is 1.98. The number of aromatic nitrogens is 3. The molecule has 1 aliphatic heterocycles. The monoisotopic (exact) mass is 242 g/mol. The van der Waals surface area contributed by atoms with Crippen molar-refractivity contribution in [1.82, 2.24) is 20.1 Å². The van der Waals surface area contributed by atoms with Crippen molar-refractivity contribution in [2.75, 3.05) is 0 Å². The second kappa shape index (κ2) is 4.53. The third kappa shape index (κ3) is 1.82. The van der Waals surface area contributed by atoms with E-state index >= 15 is 0 Å². The molecular weight excluding hydrogens is 224 g/mol. The highest BCUT2D eigenvalue weighted by molar-refractivity contribution is 5.58. The Morgan fingerprint density at radius 2 is 2.06 bits per heavy atom. The Hall–Kier alpha value is -1.68. The Morgan fingerprint density at radius 3 is 2.89 bits per heavy atom. The van der Waals surface area contributed by atoms with Gasteiger partial charge in [-0.15, -0.1) is 10.2 Å². The molecular formula is C14H18N4. The van der Waals surface area contributed by atoms with E-state index in [1.165, 1.54) is 16.7 Å². The molecule has 0 saturated heterocycles. The highest BCUT2D eigenvalue weighted by Gasteiger charge is 2.14. The highest BCUT2D eigenvalue weighted by Crippen LogP contribution is 2.24. The molecule has 0 spiro atoms. The van der Waals surface area contributed by atoms with Gasteiger partial charge in [0.1, 0.15) is 5.82 Å². The van der Waals surface area contributed by atoms with Crippen LogP contribution in [-0.4, -0.2) is 14.8 Å². The molecule has 0 fully saturated rings. The second-order valence-corrected chi connectivity index (χ2v) is 4.81. The summed E-state index contributed by atoms with van der Waals surface area (Å²) >= 11 is 0. The molecule has 3 rings (SSSR count). The largest absolute Gasteiger partial charge is 0.311 e. The normalized spacial score (nSPS) is 13.9. The maximum atomic E-state index is 4.32. The van der Waals surface area contributed by atoms with Crippen LogP contribution in [-0.2, 0) is 19.6 Å². The molecule has 1 N–H and O–H groups in total. The van der Waals surface area contributed by atoms with Gasteiger partial charge in [-0.25, -0.2) is 0 Å². The molecule has 0 amide bonds. The quantitative estimate of drug-likeness (QED) is 0.897. The predicted molar refractivity (Wildman–Crippen MR) is 71.0 cm³/mol. The van der Waals surface area contributed by atoms with Crippen molar-refractivity contribution in [1.29, 1.82) is 0 Å². The van der Waals surface area contributed by atoms with Crippen LogP contribution >= 0.6 is 0 Å². The smallest absolute Gasteiger partial charge is 0.163 e. The molecule has 0 radical (unpaired) electrons. The Kier molecular flexibility index (Phi) is 2.88. The standard InChI is InChI=1S/C14H18N4/c1-3-6-18-10(2)16-17-14(18)11-4-5-12-8-15-9-13(12)7-11/h4-5,7,15H,3,6,8-9H2,1-2H3. The first-order valence-corrected chi connectivity index (χ1v) is 6.52. The summed E-state index contributed by atoms with van der Waals surface area (Å²) in [6.07, 6.45) is 1.10. The van der Waals surface area contributed by atoms with E-state index in [1.807, 2.05) is 6.92 Å². The van der Waals surface area contributed by atoms with E-state index in [0.717, 1.165) is 37.7 Å². The summed E-state index contributed by atoms with van der Waals surface area (Å²) in [6, 6.07) is 6.59. The van der Waals surface area contributed by atoms with Crippen molar-refractivity contribution in [2.24, 2.45) is 0 Å². The topological polar surface area (TPSA) is 42.7 Å². The van der Waals surface area contributed by atoms with Gasteiger partial charge in [0.05, 0.1) is 0 Å². The minimum Gasteiger partial charge on any atom is -0.311 e. The van der Waals surface area contributed by atoms with Gasteiger partial charge >= 0.3 is 0 Å². The molecule has 1 aromatic heterocycles. The summed E-state index contributed by atoms with van der Waals surface area (Å²) in [4.78, 5) is 0. The molecule has 0 bridgehead atoms. The van der Waals surface area contributed by atoms with Crippen molar-refractivity contribution < 1.29 is 0 Å². The first-order chi connectivity index (χ1) is 8.79. The van der Waals surface area contributed by atoms with E-state index in [0.29, 0.717) is 0 Å². The fourth-order valence-corrected chi connectivity index (χ4v) is 2.52. The number of nitrogens with zero attached hydrogens (tertiary/aromatic N) is 3. The Bertz CT molecular complexity index is 571. The lowest BCUT2D eigenvalue weighted by atomic mass is 10.1. The van der Waals surface area contributed by atoms with Crippen molar-refractivity contribution in [3.63, 3.8) is 0 Å². The van der Waals surface area contributed by atoms with Crippen LogP contribution in [0.4, 0.5) is 0 Å². The zero-order chi connectivity index (χ0) is 12.5. The predicted octanol–water partition coefficient (Wildman–Crippen LogP) is 2.27. The fourth-order valence-electron chi connectivity index (χ4n) is 2.52. The minimum atomic E-state index is 0.962. The van der Waals surface area contributed by atoms with Gasteiger partial charge in [0.15, 0.2) is 5.82 Å². The van der Waals surface area contributed by atoms with Crippen molar-refractivity contribution in [3.05, 3.63) is 35.2 Å². The summed E-state index contributed by atoms with van der Waals surface area (Å²) in [6.45, 7) is 7.11. The molecule has 2 aromatic rings. The average molecular weight is 242 g/mol. The number of rotatable bonds is 3. The van der Waals surface area contributed by atoms with Crippen LogP contribution in [0, 0.1) is 6.92 Å². The van der Waals surface area contributed by atoms with E-state index in [2.05, 4.69) is 45.2 Å². The van der Waals surface area contributed by atoms with Gasteiger partial charge in [0, 0.05) is 25.2 Å². The maximum absolute atomic E-state index is 4.32. The van der Waals surface area contributed by atoms with Crippen LogP contribution in [0.1, 0.15) is 30.3 Å². The van der Waals surface area contributed by atoms with Gasteiger partial charge in [-0.05, 0) is 30.5 Å². The number of hydrogen-bond donors (Lipinski definition) is 1. The summed E-state index contributed by atoms with van der Waals surface area (Å²) in [7, 11) is 0. The summed E-state index contributed by atoms with van der Waals surface area (Å²) < 4.78 is 2.20. The second-order valence-electron chi connectivity index (χ2n) is 4.81. The average Bonchev–Trinajstić information content (AvgIpc) is 2.97. The number of nitrogens with one attached hydrogen (secondary N) is 1. The van der Waals surface area contributed by atoms with E-state index in [9.17, 15) is 0 Å². The third-order valence-corrected chi connectivity index (χ3v) is 3.48. The van der Waals surface area contributed by atoms with Gasteiger partial charge in [-0.3, -0.25) is 0 Å². The molecule has 2 heterocycles. The van der Waals surface area contributed by atoms with Crippen molar-refractivity contribution in [3.8, 4) is 11.4 Å². The van der Waals surface area contributed by atoms with Crippen molar-refractivity contribution in [2.45, 2.75) is 39.9 Å². The van der Waals surface area contributed by atoms with E-state index in [1.54, 1.807) is 0 Å². The summed E-state index contributed by atoms with van der Waals surface area (Å²) in [5, 5.41) is 11.9. The van der Waals surface area contributed by atoms with Gasteiger partial charge in [-0.1, -0.05) is 19.1 Å². The summed E-state index contributed by atoms with van der Waals surface area (Å²) in [5.41, 5.74) is 3.96. The Balaban J connectivity index is 2.04. The van der Waals surface area contributed by atoms with Crippen LogP contribution in [0.5, 0.6) is 0 Å². The lowest BCUT2D eigenvalue weighted by Crippen LogP contribution is -2.02. The molecule has 4 heteroatoms. The first kappa shape index (κ1) is 11.4. The van der Waals surface area contributed by atoms with Crippen LogP contribution in [0.3, 0.4) is 0 Å². The lowest BCUT2D eigenvalue weighted by molar-refractivity contribution is 0.663. The molecule has 18 heavy (non-hydrogen) atoms. The van der Waals surface area contributed by atoms with Gasteiger partial charge < -0.3 is 9.88 Å². The van der Waals surface area contributed by atoms with Gasteiger partial charge in [0.25, 0.3) is 0 Å². The number of hydrogen-bond acceptors (Lipinski definition) is 3. The molecule has 1 aromatic carbocycles. The molecule has 94 valence electrons. The Labute approximate surface area is 107 Å². The zero-order valence-corrected chi connectivity index (χ0v) is 10.9. The molecule has 0 unspecified atom stereocenters. The molecule has 1 aliphatic rings. The van der Waals surface area contributed by atoms with Crippen LogP contribution in [0.2, 0.25) is 0 Å².